The van der Waals surface area contributed by atoms with Crippen LogP contribution in [0.3, 0.4) is 0 Å². The van der Waals surface area contributed by atoms with Gasteiger partial charge >= 0.3 is 0 Å². The van der Waals surface area contributed by atoms with E-state index in [1.807, 2.05) is 41.1 Å². The Morgan fingerprint density at radius 1 is 1.08 bits per heavy atom. The molecule has 25 heavy (non-hydrogen) atoms. The van der Waals surface area contributed by atoms with Crippen molar-refractivity contribution in [1.29, 1.82) is 0 Å². The molecule has 126 valence electrons. The van der Waals surface area contributed by atoms with Gasteiger partial charge in [0.05, 0.1) is 16.6 Å². The minimum atomic E-state index is 0.330. The molecule has 0 N–H and O–H groups in total. The molecule has 4 aromatic rings. The summed E-state index contributed by atoms with van der Waals surface area (Å²) in [6.07, 6.45) is 2.92. The van der Waals surface area contributed by atoms with Gasteiger partial charge in [-0.3, -0.25) is 4.90 Å². The molecule has 0 aliphatic carbocycles. The second-order valence-electron chi connectivity index (χ2n) is 6.06. The van der Waals surface area contributed by atoms with Gasteiger partial charge in [0.25, 0.3) is 0 Å². The Kier molecular flexibility index (Phi) is 4.06. The van der Waals surface area contributed by atoms with E-state index < -0.39 is 0 Å². The van der Waals surface area contributed by atoms with Gasteiger partial charge in [-0.15, -0.1) is 34.0 Å². The lowest BCUT2D eigenvalue weighted by Crippen LogP contribution is -2.34. The lowest BCUT2D eigenvalue weighted by Gasteiger charge is -2.34. The van der Waals surface area contributed by atoms with Gasteiger partial charge in [-0.2, -0.15) is 0 Å². The molecule has 4 aromatic heterocycles. The molecule has 5 heterocycles. The summed E-state index contributed by atoms with van der Waals surface area (Å²) in [5, 5.41) is 6.44. The Bertz CT molecular complexity index is 953. The summed E-state index contributed by atoms with van der Waals surface area (Å²) in [5.41, 5.74) is 2.46. The molecule has 1 aliphatic heterocycles. The third-order valence-electron chi connectivity index (χ3n) is 4.53. The number of hydrogen-bond donors (Lipinski definition) is 0. The molecule has 0 spiro atoms. The van der Waals surface area contributed by atoms with E-state index >= 15 is 0 Å². The maximum absolute atomic E-state index is 5.71. The Morgan fingerprint density at radius 2 is 2.00 bits per heavy atom. The number of oxazole rings is 1. The lowest BCUT2D eigenvalue weighted by molar-refractivity contribution is 0.206. The van der Waals surface area contributed by atoms with Gasteiger partial charge in [0.2, 0.25) is 5.89 Å². The molecule has 0 fully saturated rings. The van der Waals surface area contributed by atoms with Crippen LogP contribution in [0.5, 0.6) is 0 Å². The third-order valence-corrected chi connectivity index (χ3v) is 7.31. The molecule has 0 unspecified atom stereocenters. The predicted molar refractivity (Wildman–Crippen MR) is 104 cm³/mol. The molecule has 0 saturated carbocycles. The van der Waals surface area contributed by atoms with Crippen molar-refractivity contribution in [1.82, 2.24) is 9.88 Å². The molecule has 5 rings (SSSR count). The second-order valence-corrected chi connectivity index (χ2v) is 8.99. The van der Waals surface area contributed by atoms with Crippen LogP contribution in [0.15, 0.2) is 57.2 Å². The molecule has 1 atom stereocenters. The highest BCUT2D eigenvalue weighted by Crippen LogP contribution is 2.40. The zero-order valence-electron chi connectivity index (χ0n) is 13.4. The first-order chi connectivity index (χ1) is 12.4. The summed E-state index contributed by atoms with van der Waals surface area (Å²) in [6, 6.07) is 11.1. The normalized spacial score (nSPS) is 17.7. The Labute approximate surface area is 158 Å². The topological polar surface area (TPSA) is 29.3 Å². The number of hydrogen-bond acceptors (Lipinski definition) is 6. The number of rotatable bonds is 4. The van der Waals surface area contributed by atoms with E-state index in [1.54, 1.807) is 11.3 Å². The van der Waals surface area contributed by atoms with Crippen molar-refractivity contribution in [3.05, 3.63) is 73.7 Å². The van der Waals surface area contributed by atoms with Crippen LogP contribution in [0.2, 0.25) is 0 Å². The summed E-state index contributed by atoms with van der Waals surface area (Å²) in [7, 11) is 0. The van der Waals surface area contributed by atoms with Crippen molar-refractivity contribution >= 4 is 34.0 Å². The monoisotopic (exact) mass is 384 g/mol. The Hall–Kier alpha value is -1.73. The summed E-state index contributed by atoms with van der Waals surface area (Å²) in [4.78, 5) is 11.2. The molecule has 0 bridgehead atoms. The summed E-state index contributed by atoms with van der Waals surface area (Å²) in [5.74, 6) is 0.728. The minimum absolute atomic E-state index is 0.330. The number of aromatic nitrogens is 1. The standard InChI is InChI=1S/C19H16N2OS3/c1-3-16(23-8-1)18-14-6-10-25-15(14)5-7-21(18)11-13-12-22-19(20-13)17-4-2-9-24-17/h1-4,6,8-10,12,18H,5,7,11H2/t18-/m1/s1. The molecule has 0 aromatic carbocycles. The molecule has 3 nitrogen and oxygen atoms in total. The molecule has 6 heteroatoms. The number of fused-ring (bicyclic) bond motifs is 1. The fourth-order valence-corrected chi connectivity index (χ4v) is 5.86. The van der Waals surface area contributed by atoms with E-state index in [0.29, 0.717) is 6.04 Å². The first kappa shape index (κ1) is 15.5. The van der Waals surface area contributed by atoms with Crippen LogP contribution in [0.25, 0.3) is 10.8 Å². The number of thiophene rings is 3. The van der Waals surface area contributed by atoms with Crippen molar-refractivity contribution in [2.75, 3.05) is 6.54 Å². The largest absolute Gasteiger partial charge is 0.444 e. The van der Waals surface area contributed by atoms with Gasteiger partial charge in [0.1, 0.15) is 6.26 Å². The average Bonchev–Trinajstić information content (AvgIpc) is 3.39. The molecule has 0 saturated heterocycles. The van der Waals surface area contributed by atoms with Crippen LogP contribution < -0.4 is 0 Å². The molecule has 0 amide bonds. The highest BCUT2D eigenvalue weighted by molar-refractivity contribution is 7.13. The first-order valence-electron chi connectivity index (χ1n) is 8.20. The van der Waals surface area contributed by atoms with Crippen LogP contribution in [-0.2, 0) is 13.0 Å². The Morgan fingerprint density at radius 3 is 2.84 bits per heavy atom. The zero-order chi connectivity index (χ0) is 16.6. The van der Waals surface area contributed by atoms with E-state index in [0.717, 1.165) is 36.0 Å². The van der Waals surface area contributed by atoms with Crippen LogP contribution >= 0.6 is 34.0 Å². The molecular formula is C19H16N2OS3. The fraction of sp³-hybridized carbons (Fsp3) is 0.211. The molecular weight excluding hydrogens is 368 g/mol. The van der Waals surface area contributed by atoms with Crippen molar-refractivity contribution in [3.63, 3.8) is 0 Å². The predicted octanol–water partition coefficient (Wildman–Crippen LogP) is 5.67. The summed E-state index contributed by atoms with van der Waals surface area (Å²) < 4.78 is 5.71. The van der Waals surface area contributed by atoms with Crippen molar-refractivity contribution < 1.29 is 4.42 Å². The third kappa shape index (κ3) is 2.89. The van der Waals surface area contributed by atoms with Gasteiger partial charge in [-0.25, -0.2) is 4.98 Å². The van der Waals surface area contributed by atoms with E-state index in [4.69, 9.17) is 9.40 Å². The lowest BCUT2D eigenvalue weighted by atomic mass is 9.98. The van der Waals surface area contributed by atoms with Crippen molar-refractivity contribution in [2.45, 2.75) is 19.0 Å². The fourth-order valence-electron chi connectivity index (χ4n) is 3.42. The first-order valence-corrected chi connectivity index (χ1v) is 10.8. The van der Waals surface area contributed by atoms with Gasteiger partial charge in [-0.1, -0.05) is 12.1 Å². The average molecular weight is 385 g/mol. The Balaban J connectivity index is 1.45. The summed E-state index contributed by atoms with van der Waals surface area (Å²) in [6.45, 7) is 1.87. The van der Waals surface area contributed by atoms with Crippen LogP contribution in [0, 0.1) is 0 Å². The molecule has 0 radical (unpaired) electrons. The van der Waals surface area contributed by atoms with E-state index in [2.05, 4.69) is 39.2 Å². The van der Waals surface area contributed by atoms with Crippen LogP contribution in [0.4, 0.5) is 0 Å². The van der Waals surface area contributed by atoms with E-state index in [1.165, 1.54) is 15.3 Å². The molecule has 1 aliphatic rings. The van der Waals surface area contributed by atoms with Gasteiger partial charge in [0.15, 0.2) is 0 Å². The maximum Gasteiger partial charge on any atom is 0.236 e. The zero-order valence-corrected chi connectivity index (χ0v) is 15.9. The van der Waals surface area contributed by atoms with Crippen LogP contribution in [0.1, 0.15) is 27.1 Å². The smallest absolute Gasteiger partial charge is 0.236 e. The highest BCUT2D eigenvalue weighted by Gasteiger charge is 2.30. The van der Waals surface area contributed by atoms with Crippen molar-refractivity contribution in [2.24, 2.45) is 0 Å². The van der Waals surface area contributed by atoms with Gasteiger partial charge in [-0.05, 0) is 46.3 Å². The quantitative estimate of drug-likeness (QED) is 0.454. The highest BCUT2D eigenvalue weighted by atomic mass is 32.1. The minimum Gasteiger partial charge on any atom is -0.444 e. The van der Waals surface area contributed by atoms with E-state index in [9.17, 15) is 0 Å². The van der Waals surface area contributed by atoms with Crippen LogP contribution in [-0.4, -0.2) is 16.4 Å². The van der Waals surface area contributed by atoms with E-state index in [-0.39, 0.29) is 0 Å². The SMILES string of the molecule is c1csc(-c2nc(CN3CCc4sccc4[C@@H]3c3cccs3)co2)c1. The second kappa shape index (κ2) is 6.53. The van der Waals surface area contributed by atoms with Gasteiger partial charge < -0.3 is 4.42 Å². The number of nitrogens with zero attached hydrogens (tertiary/aromatic N) is 2. The maximum atomic E-state index is 5.71. The van der Waals surface area contributed by atoms with Gasteiger partial charge in [0, 0.05) is 22.8 Å². The van der Waals surface area contributed by atoms with Crippen molar-refractivity contribution in [3.8, 4) is 10.8 Å². The summed E-state index contributed by atoms with van der Waals surface area (Å²) >= 11 is 5.38.